The van der Waals surface area contributed by atoms with Crippen molar-refractivity contribution in [3.8, 4) is 0 Å². The van der Waals surface area contributed by atoms with E-state index >= 15 is 0 Å². The van der Waals surface area contributed by atoms with Crippen LogP contribution in [0.25, 0.3) is 0 Å². The average Bonchev–Trinajstić information content (AvgIpc) is 2.51. The van der Waals surface area contributed by atoms with Crippen molar-refractivity contribution in [3.63, 3.8) is 0 Å². The van der Waals surface area contributed by atoms with Crippen molar-refractivity contribution in [2.24, 2.45) is 5.73 Å². The largest absolute Gasteiger partial charge is 0.352 e. The Morgan fingerprint density at radius 1 is 1.26 bits per heavy atom. The van der Waals surface area contributed by atoms with E-state index in [2.05, 4.69) is 5.32 Å². The molecule has 7 heteroatoms. The molecule has 1 saturated carbocycles. The predicted octanol–water partition coefficient (Wildman–Crippen LogP) is 3.84. The maximum Gasteiger partial charge on any atom is 0.240 e. The Balaban J connectivity index is 1.73. The van der Waals surface area contributed by atoms with Crippen molar-refractivity contribution in [2.45, 2.75) is 60.8 Å². The molecule has 0 heterocycles. The third kappa shape index (κ3) is 6.28. The first-order valence-electron chi connectivity index (χ1n) is 7.70. The van der Waals surface area contributed by atoms with Crippen LogP contribution >= 0.6 is 23.4 Å². The summed E-state index contributed by atoms with van der Waals surface area (Å²) in [5.74, 6) is -0.473. The maximum atomic E-state index is 12.2. The van der Waals surface area contributed by atoms with Crippen LogP contribution < -0.4 is 11.1 Å². The first kappa shape index (κ1) is 18.5. The molecule has 1 aliphatic carbocycles. The Kier molecular flexibility index (Phi) is 7.11. The zero-order valence-corrected chi connectivity index (χ0v) is 14.3. The molecule has 0 aliphatic heterocycles. The molecule has 128 valence electrons. The van der Waals surface area contributed by atoms with Crippen molar-refractivity contribution >= 4 is 29.3 Å². The molecule has 0 aromatic heterocycles. The number of carbonyl (C=O) groups is 1. The quantitative estimate of drug-likeness (QED) is 0.808. The zero-order chi connectivity index (χ0) is 16.8. The second-order valence-corrected chi connectivity index (χ2v) is 7.60. The van der Waals surface area contributed by atoms with Gasteiger partial charge in [-0.15, -0.1) is 11.8 Å². The highest BCUT2D eigenvalue weighted by Crippen LogP contribution is 2.34. The second-order valence-electron chi connectivity index (χ2n) is 5.79. The highest BCUT2D eigenvalue weighted by atomic mass is 35.5. The Bertz CT molecular complexity index is 507. The van der Waals surface area contributed by atoms with E-state index in [1.807, 2.05) is 36.0 Å². The van der Waals surface area contributed by atoms with Crippen molar-refractivity contribution in [3.05, 3.63) is 29.3 Å². The highest BCUT2D eigenvalue weighted by Gasteiger charge is 2.25. The van der Waals surface area contributed by atoms with E-state index in [-0.39, 0.29) is 6.04 Å². The standard InChI is InChI=1S/C16H21ClF2N2OS/c17-10-1-5-12(6-2-10)23-13-7-3-11(4-8-13)21-16(22)14(20)9-15(18)19/h1-2,5-6,11,13-15H,3-4,7-9,20H2,(H,21,22). The minimum atomic E-state index is -2.55. The SMILES string of the molecule is NC(CC(F)F)C(=O)NC1CCC(Sc2ccc(Cl)cc2)CC1. The van der Waals surface area contributed by atoms with Crippen LogP contribution in [0.2, 0.25) is 5.02 Å². The third-order valence-electron chi connectivity index (χ3n) is 3.91. The molecule has 23 heavy (non-hydrogen) atoms. The number of benzene rings is 1. The number of nitrogens with two attached hydrogens (primary N) is 1. The number of carbonyl (C=O) groups excluding carboxylic acids is 1. The topological polar surface area (TPSA) is 55.1 Å². The van der Waals surface area contributed by atoms with E-state index in [9.17, 15) is 13.6 Å². The number of nitrogens with one attached hydrogen (secondary N) is 1. The molecule has 1 aromatic carbocycles. The van der Waals surface area contributed by atoms with Gasteiger partial charge in [0.1, 0.15) is 0 Å². The van der Waals surface area contributed by atoms with Crippen LogP contribution in [0, 0.1) is 0 Å². The lowest BCUT2D eigenvalue weighted by molar-refractivity contribution is -0.124. The van der Waals surface area contributed by atoms with Crippen LogP contribution in [-0.2, 0) is 4.79 Å². The zero-order valence-electron chi connectivity index (χ0n) is 12.7. The molecule has 2 rings (SSSR count). The van der Waals surface area contributed by atoms with Crippen molar-refractivity contribution < 1.29 is 13.6 Å². The molecule has 1 aromatic rings. The van der Waals surface area contributed by atoms with Crippen LogP contribution in [0.15, 0.2) is 29.2 Å². The molecular formula is C16H21ClF2N2OS. The normalized spacial score (nSPS) is 22.8. The molecule has 1 fully saturated rings. The average molecular weight is 363 g/mol. The Morgan fingerprint density at radius 2 is 1.87 bits per heavy atom. The van der Waals surface area contributed by atoms with Gasteiger partial charge in [0, 0.05) is 27.6 Å². The molecule has 1 unspecified atom stereocenters. The van der Waals surface area contributed by atoms with Gasteiger partial charge in [0.15, 0.2) is 0 Å². The smallest absolute Gasteiger partial charge is 0.240 e. The number of hydrogen-bond acceptors (Lipinski definition) is 3. The fourth-order valence-corrected chi connectivity index (χ4v) is 3.95. The van der Waals surface area contributed by atoms with E-state index in [0.29, 0.717) is 5.25 Å². The number of amides is 1. The molecule has 1 amide bonds. The summed E-state index contributed by atoms with van der Waals surface area (Å²) in [5, 5.41) is 4.01. The predicted molar refractivity (Wildman–Crippen MR) is 90.1 cm³/mol. The molecule has 0 radical (unpaired) electrons. The van der Waals surface area contributed by atoms with Gasteiger partial charge in [-0.25, -0.2) is 8.78 Å². The minimum Gasteiger partial charge on any atom is -0.352 e. The van der Waals surface area contributed by atoms with Gasteiger partial charge in [0.2, 0.25) is 12.3 Å². The maximum absolute atomic E-state index is 12.2. The van der Waals surface area contributed by atoms with Crippen LogP contribution in [0.3, 0.4) is 0 Å². The Hall–Kier alpha value is -0.850. The lowest BCUT2D eigenvalue weighted by Gasteiger charge is -2.29. The fraction of sp³-hybridized carbons (Fsp3) is 0.562. The summed E-state index contributed by atoms with van der Waals surface area (Å²) >= 11 is 7.69. The fourth-order valence-electron chi connectivity index (χ4n) is 2.64. The van der Waals surface area contributed by atoms with Crippen LogP contribution in [0.4, 0.5) is 8.78 Å². The molecule has 3 nitrogen and oxygen atoms in total. The van der Waals surface area contributed by atoms with Gasteiger partial charge in [0.05, 0.1) is 6.04 Å². The summed E-state index contributed by atoms with van der Waals surface area (Å²) in [7, 11) is 0. The molecule has 1 aliphatic rings. The first-order valence-corrected chi connectivity index (χ1v) is 8.96. The van der Waals surface area contributed by atoms with Gasteiger partial charge in [-0.3, -0.25) is 4.79 Å². The monoisotopic (exact) mass is 362 g/mol. The van der Waals surface area contributed by atoms with Crippen molar-refractivity contribution in [2.75, 3.05) is 0 Å². The minimum absolute atomic E-state index is 0.0355. The second kappa shape index (κ2) is 8.85. The lowest BCUT2D eigenvalue weighted by Crippen LogP contribution is -2.47. The summed E-state index contributed by atoms with van der Waals surface area (Å²) in [4.78, 5) is 12.9. The molecule has 0 bridgehead atoms. The van der Waals surface area contributed by atoms with E-state index in [4.69, 9.17) is 17.3 Å². The molecule has 3 N–H and O–H groups in total. The van der Waals surface area contributed by atoms with Gasteiger partial charge in [0.25, 0.3) is 0 Å². The Labute approximate surface area is 144 Å². The molecule has 0 spiro atoms. The molecular weight excluding hydrogens is 342 g/mol. The highest BCUT2D eigenvalue weighted by molar-refractivity contribution is 8.00. The van der Waals surface area contributed by atoms with Crippen LogP contribution in [-0.4, -0.2) is 29.7 Å². The van der Waals surface area contributed by atoms with Gasteiger partial charge in [-0.1, -0.05) is 11.6 Å². The van der Waals surface area contributed by atoms with Gasteiger partial charge < -0.3 is 11.1 Å². The molecule has 0 saturated heterocycles. The number of thioether (sulfide) groups is 1. The third-order valence-corrected chi connectivity index (χ3v) is 5.51. The van der Waals surface area contributed by atoms with E-state index in [1.165, 1.54) is 4.90 Å². The van der Waals surface area contributed by atoms with Crippen molar-refractivity contribution in [1.82, 2.24) is 5.32 Å². The summed E-state index contributed by atoms with van der Waals surface area (Å²) < 4.78 is 24.5. The van der Waals surface area contributed by atoms with Crippen molar-refractivity contribution in [1.29, 1.82) is 0 Å². The van der Waals surface area contributed by atoms with E-state index in [0.717, 1.165) is 30.7 Å². The van der Waals surface area contributed by atoms with Gasteiger partial charge in [-0.2, -0.15) is 0 Å². The van der Waals surface area contributed by atoms with Gasteiger partial charge >= 0.3 is 0 Å². The van der Waals surface area contributed by atoms with Gasteiger partial charge in [-0.05, 0) is 49.9 Å². The van der Waals surface area contributed by atoms with E-state index in [1.54, 1.807) is 0 Å². The number of alkyl halides is 2. The summed E-state index contributed by atoms with van der Waals surface area (Å²) in [5.41, 5.74) is 5.47. The molecule has 1 atom stereocenters. The number of halogens is 3. The number of hydrogen-bond donors (Lipinski definition) is 2. The lowest BCUT2D eigenvalue weighted by atomic mass is 9.94. The Morgan fingerprint density at radius 3 is 2.43 bits per heavy atom. The first-order chi connectivity index (χ1) is 10.9. The van der Waals surface area contributed by atoms with Crippen LogP contribution in [0.1, 0.15) is 32.1 Å². The van der Waals surface area contributed by atoms with E-state index < -0.39 is 24.8 Å². The summed E-state index contributed by atoms with van der Waals surface area (Å²) in [6, 6.07) is 6.67. The van der Waals surface area contributed by atoms with Crippen LogP contribution in [0.5, 0.6) is 0 Å². The number of rotatable bonds is 6. The summed E-state index contributed by atoms with van der Waals surface area (Å²) in [6.45, 7) is 0. The summed E-state index contributed by atoms with van der Waals surface area (Å²) in [6.07, 6.45) is 0.497.